The molecule has 1 aliphatic carbocycles. The Labute approximate surface area is 104 Å². The summed E-state index contributed by atoms with van der Waals surface area (Å²) in [7, 11) is 0. The Morgan fingerprint density at radius 2 is 1.88 bits per heavy atom. The van der Waals surface area contributed by atoms with Gasteiger partial charge in [0.2, 0.25) is 0 Å². The van der Waals surface area contributed by atoms with Crippen LogP contribution in [0.4, 0.5) is 0 Å². The van der Waals surface area contributed by atoms with E-state index in [2.05, 4.69) is 36.5 Å². The summed E-state index contributed by atoms with van der Waals surface area (Å²) in [5, 5.41) is 13.2. The molecule has 0 heterocycles. The fraction of sp³-hybridized carbons (Fsp3) is 0.600. The number of aliphatic hydroxyl groups is 1. The average molecular weight is 233 g/mol. The van der Waals surface area contributed by atoms with Gasteiger partial charge < -0.3 is 10.4 Å². The van der Waals surface area contributed by atoms with Gasteiger partial charge >= 0.3 is 0 Å². The van der Waals surface area contributed by atoms with Gasteiger partial charge in [-0.1, -0.05) is 43.5 Å². The van der Waals surface area contributed by atoms with Gasteiger partial charge in [-0.25, -0.2) is 0 Å². The molecule has 0 bridgehead atoms. The quantitative estimate of drug-likeness (QED) is 0.838. The predicted octanol–water partition coefficient (Wildman–Crippen LogP) is 2.78. The second-order valence-electron chi connectivity index (χ2n) is 5.28. The fourth-order valence-corrected chi connectivity index (χ4v) is 2.71. The molecule has 0 saturated heterocycles. The van der Waals surface area contributed by atoms with E-state index in [0.717, 1.165) is 19.4 Å². The molecule has 0 spiro atoms. The molecule has 17 heavy (non-hydrogen) atoms. The maximum atomic E-state index is 9.63. The molecule has 0 amide bonds. The van der Waals surface area contributed by atoms with Crippen LogP contribution in [0.2, 0.25) is 0 Å². The van der Waals surface area contributed by atoms with Crippen LogP contribution in [0.25, 0.3) is 0 Å². The van der Waals surface area contributed by atoms with Crippen molar-refractivity contribution in [2.45, 2.75) is 51.1 Å². The lowest BCUT2D eigenvalue weighted by Crippen LogP contribution is -2.49. The molecule has 0 unspecified atom stereocenters. The highest BCUT2D eigenvalue weighted by molar-refractivity contribution is 5.25. The van der Waals surface area contributed by atoms with Crippen molar-refractivity contribution in [2.24, 2.45) is 0 Å². The molecular weight excluding hydrogens is 210 g/mol. The standard InChI is InChI=1S/C15H23NO/c1-13-7-3-4-8-14(13)11-16-15(12-17)9-5-2-6-10-15/h3-4,7-8,16-17H,2,5-6,9-12H2,1H3. The van der Waals surface area contributed by atoms with Crippen LogP contribution in [0.5, 0.6) is 0 Å². The third-order valence-corrected chi connectivity index (χ3v) is 4.03. The number of aliphatic hydroxyl groups excluding tert-OH is 1. The molecule has 94 valence electrons. The van der Waals surface area contributed by atoms with Crippen molar-refractivity contribution in [3.05, 3.63) is 35.4 Å². The number of aryl methyl sites for hydroxylation is 1. The maximum Gasteiger partial charge on any atom is 0.0613 e. The minimum Gasteiger partial charge on any atom is -0.394 e. The average Bonchev–Trinajstić information content (AvgIpc) is 2.39. The van der Waals surface area contributed by atoms with E-state index in [0.29, 0.717) is 0 Å². The minimum atomic E-state index is -0.0273. The number of hydrogen-bond donors (Lipinski definition) is 2. The van der Waals surface area contributed by atoms with Crippen LogP contribution in [0.15, 0.2) is 24.3 Å². The molecule has 0 atom stereocenters. The van der Waals surface area contributed by atoms with Crippen molar-refractivity contribution in [3.63, 3.8) is 0 Å². The largest absolute Gasteiger partial charge is 0.394 e. The topological polar surface area (TPSA) is 32.3 Å². The lowest BCUT2D eigenvalue weighted by atomic mass is 9.82. The van der Waals surface area contributed by atoms with Crippen LogP contribution in [0, 0.1) is 6.92 Å². The third kappa shape index (κ3) is 3.08. The van der Waals surface area contributed by atoms with Crippen molar-refractivity contribution in [1.82, 2.24) is 5.32 Å². The molecule has 2 rings (SSSR count). The molecule has 0 aliphatic heterocycles. The highest BCUT2D eigenvalue weighted by atomic mass is 16.3. The summed E-state index contributed by atoms with van der Waals surface area (Å²) < 4.78 is 0. The van der Waals surface area contributed by atoms with Crippen LogP contribution in [-0.4, -0.2) is 17.3 Å². The Bertz CT molecular complexity index is 356. The first-order valence-corrected chi connectivity index (χ1v) is 6.66. The minimum absolute atomic E-state index is 0.0273. The summed E-state index contributed by atoms with van der Waals surface area (Å²) in [5.74, 6) is 0. The molecule has 1 aliphatic rings. The first kappa shape index (κ1) is 12.6. The first-order chi connectivity index (χ1) is 8.26. The van der Waals surface area contributed by atoms with Crippen molar-refractivity contribution in [1.29, 1.82) is 0 Å². The van der Waals surface area contributed by atoms with Crippen LogP contribution in [0.3, 0.4) is 0 Å². The van der Waals surface area contributed by atoms with E-state index in [9.17, 15) is 5.11 Å². The molecule has 1 saturated carbocycles. The smallest absolute Gasteiger partial charge is 0.0613 e. The summed E-state index contributed by atoms with van der Waals surface area (Å²) in [4.78, 5) is 0. The number of benzene rings is 1. The lowest BCUT2D eigenvalue weighted by molar-refractivity contribution is 0.119. The van der Waals surface area contributed by atoms with E-state index in [-0.39, 0.29) is 12.1 Å². The zero-order chi connectivity index (χ0) is 12.1. The zero-order valence-corrected chi connectivity index (χ0v) is 10.7. The Hall–Kier alpha value is -0.860. The Morgan fingerprint density at radius 3 is 2.53 bits per heavy atom. The number of rotatable bonds is 4. The second-order valence-corrected chi connectivity index (χ2v) is 5.28. The fourth-order valence-electron chi connectivity index (χ4n) is 2.71. The van der Waals surface area contributed by atoms with Gasteiger partial charge in [-0.3, -0.25) is 0 Å². The molecule has 0 radical (unpaired) electrons. The highest BCUT2D eigenvalue weighted by Crippen LogP contribution is 2.28. The first-order valence-electron chi connectivity index (χ1n) is 6.66. The maximum absolute atomic E-state index is 9.63. The summed E-state index contributed by atoms with van der Waals surface area (Å²) in [6.45, 7) is 3.27. The molecule has 1 aromatic carbocycles. The second kappa shape index (κ2) is 5.65. The normalized spacial score (nSPS) is 19.2. The molecule has 0 aromatic heterocycles. The van der Waals surface area contributed by atoms with E-state index >= 15 is 0 Å². The summed E-state index contributed by atoms with van der Waals surface area (Å²) >= 11 is 0. The molecule has 1 fully saturated rings. The highest BCUT2D eigenvalue weighted by Gasteiger charge is 2.30. The Kier molecular flexibility index (Phi) is 4.19. The predicted molar refractivity (Wildman–Crippen MR) is 70.9 cm³/mol. The van der Waals surface area contributed by atoms with Gasteiger partial charge in [0.05, 0.1) is 6.61 Å². The van der Waals surface area contributed by atoms with Gasteiger partial charge in [0.15, 0.2) is 0 Å². The lowest BCUT2D eigenvalue weighted by Gasteiger charge is -2.37. The van der Waals surface area contributed by atoms with Crippen molar-refractivity contribution in [2.75, 3.05) is 6.61 Å². The van der Waals surface area contributed by atoms with Gasteiger partial charge in [-0.15, -0.1) is 0 Å². The summed E-state index contributed by atoms with van der Waals surface area (Å²) in [6.07, 6.45) is 6.00. The van der Waals surface area contributed by atoms with Crippen molar-refractivity contribution >= 4 is 0 Å². The Morgan fingerprint density at radius 1 is 1.18 bits per heavy atom. The van der Waals surface area contributed by atoms with E-state index in [1.54, 1.807) is 0 Å². The molecular formula is C15H23NO. The van der Waals surface area contributed by atoms with Gasteiger partial charge in [-0.2, -0.15) is 0 Å². The van der Waals surface area contributed by atoms with Gasteiger partial charge in [0.1, 0.15) is 0 Å². The van der Waals surface area contributed by atoms with Crippen LogP contribution in [-0.2, 0) is 6.54 Å². The van der Waals surface area contributed by atoms with Gasteiger partial charge in [0.25, 0.3) is 0 Å². The molecule has 2 N–H and O–H groups in total. The zero-order valence-electron chi connectivity index (χ0n) is 10.7. The van der Waals surface area contributed by atoms with Gasteiger partial charge in [0, 0.05) is 12.1 Å². The number of hydrogen-bond acceptors (Lipinski definition) is 2. The Balaban J connectivity index is 1.98. The van der Waals surface area contributed by atoms with Crippen LogP contribution < -0.4 is 5.32 Å². The van der Waals surface area contributed by atoms with Crippen molar-refractivity contribution in [3.8, 4) is 0 Å². The summed E-state index contributed by atoms with van der Waals surface area (Å²) in [5.41, 5.74) is 2.63. The van der Waals surface area contributed by atoms with Crippen LogP contribution >= 0.6 is 0 Å². The van der Waals surface area contributed by atoms with E-state index in [4.69, 9.17) is 0 Å². The number of nitrogens with one attached hydrogen (secondary N) is 1. The molecule has 2 nitrogen and oxygen atoms in total. The monoisotopic (exact) mass is 233 g/mol. The van der Waals surface area contributed by atoms with Crippen molar-refractivity contribution < 1.29 is 5.11 Å². The summed E-state index contributed by atoms with van der Waals surface area (Å²) in [6, 6.07) is 8.46. The van der Waals surface area contributed by atoms with E-state index in [1.807, 2.05) is 0 Å². The van der Waals surface area contributed by atoms with E-state index < -0.39 is 0 Å². The molecule has 1 aromatic rings. The molecule has 2 heteroatoms. The van der Waals surface area contributed by atoms with E-state index in [1.165, 1.54) is 30.4 Å². The SMILES string of the molecule is Cc1ccccc1CNC1(CO)CCCCC1. The van der Waals surface area contributed by atoms with Crippen LogP contribution in [0.1, 0.15) is 43.2 Å². The third-order valence-electron chi connectivity index (χ3n) is 4.03. The van der Waals surface area contributed by atoms with Gasteiger partial charge in [-0.05, 0) is 30.9 Å².